The number of anilines is 1. The van der Waals surface area contributed by atoms with Crippen LogP contribution in [0.15, 0.2) is 36.7 Å². The molecule has 6 rings (SSSR count). The van der Waals surface area contributed by atoms with E-state index in [0.29, 0.717) is 37.8 Å². The number of nitrogens with one attached hydrogen (secondary N) is 1. The Balaban J connectivity index is 1.29. The highest BCUT2D eigenvalue weighted by atomic mass is 19.4. The van der Waals surface area contributed by atoms with Gasteiger partial charge < -0.3 is 15.0 Å². The maximum absolute atomic E-state index is 13.4. The van der Waals surface area contributed by atoms with E-state index in [1.807, 2.05) is 42.1 Å². The molecule has 1 saturated carbocycles. The van der Waals surface area contributed by atoms with Crippen LogP contribution in [0.5, 0.6) is 5.75 Å². The van der Waals surface area contributed by atoms with Crippen molar-refractivity contribution < 1.29 is 22.7 Å². The van der Waals surface area contributed by atoms with Crippen LogP contribution in [0.4, 0.5) is 19.0 Å². The SMILES string of the molecule is CCNc1cc2c(cn1)c(-c1ccc3c(c1)CN(C)C3=O)nn2[C@H]1CC[C@@H](Oc2cn(C)nc2C(F)(F)F)CC1. The number of carbonyl (C=O) groups excluding carboxylic acids is 1. The number of amides is 1. The van der Waals surface area contributed by atoms with Crippen molar-refractivity contribution >= 4 is 22.6 Å². The van der Waals surface area contributed by atoms with Crippen molar-refractivity contribution in [2.24, 2.45) is 7.05 Å². The first-order valence-electron chi connectivity index (χ1n) is 13.4. The number of ether oxygens (including phenoxy) is 1. The molecule has 0 unspecified atom stereocenters. The largest absolute Gasteiger partial charge is 0.486 e. The van der Waals surface area contributed by atoms with Crippen LogP contribution in [-0.4, -0.2) is 55.0 Å². The van der Waals surface area contributed by atoms with Crippen LogP contribution in [0.2, 0.25) is 0 Å². The number of fused-ring (bicyclic) bond motifs is 2. The van der Waals surface area contributed by atoms with E-state index in [0.717, 1.165) is 44.8 Å². The number of halogens is 3. The predicted molar refractivity (Wildman–Crippen MR) is 143 cm³/mol. The van der Waals surface area contributed by atoms with Crippen molar-refractivity contribution in [3.05, 3.63) is 53.5 Å². The number of hydrogen-bond donors (Lipinski definition) is 1. The topological polar surface area (TPSA) is 90.1 Å². The molecule has 1 N–H and O–H groups in total. The van der Waals surface area contributed by atoms with E-state index in [2.05, 4.69) is 15.4 Å². The van der Waals surface area contributed by atoms with Crippen LogP contribution in [0.3, 0.4) is 0 Å². The maximum Gasteiger partial charge on any atom is 0.438 e. The zero-order valence-electron chi connectivity index (χ0n) is 22.5. The number of nitrogens with zero attached hydrogens (tertiary/aromatic N) is 6. The number of aromatic nitrogens is 5. The van der Waals surface area contributed by atoms with Gasteiger partial charge in [-0.05, 0) is 50.3 Å². The van der Waals surface area contributed by atoms with Gasteiger partial charge in [0.05, 0.1) is 23.9 Å². The molecular weight excluding hydrogens is 523 g/mol. The van der Waals surface area contributed by atoms with Crippen LogP contribution >= 0.6 is 0 Å². The Morgan fingerprint density at radius 2 is 1.88 bits per heavy atom. The summed E-state index contributed by atoms with van der Waals surface area (Å²) in [5.41, 5.74) is 3.33. The van der Waals surface area contributed by atoms with Gasteiger partial charge in [-0.2, -0.15) is 23.4 Å². The molecule has 9 nitrogen and oxygen atoms in total. The molecule has 1 aliphatic carbocycles. The molecule has 210 valence electrons. The number of pyridine rings is 1. The summed E-state index contributed by atoms with van der Waals surface area (Å²) in [5.74, 6) is 0.533. The fraction of sp³-hybridized carbons (Fsp3) is 0.429. The maximum atomic E-state index is 13.4. The van der Waals surface area contributed by atoms with Crippen LogP contribution in [0, 0.1) is 0 Å². The third-order valence-electron chi connectivity index (χ3n) is 7.66. The lowest BCUT2D eigenvalue weighted by molar-refractivity contribution is -0.143. The highest BCUT2D eigenvalue weighted by Gasteiger charge is 2.39. The number of aryl methyl sites for hydroxylation is 1. The quantitative estimate of drug-likeness (QED) is 0.343. The van der Waals surface area contributed by atoms with E-state index in [-0.39, 0.29) is 23.8 Å². The van der Waals surface area contributed by atoms with Crippen LogP contribution in [0.25, 0.3) is 22.2 Å². The van der Waals surface area contributed by atoms with Gasteiger partial charge in [-0.25, -0.2) is 4.98 Å². The molecule has 0 spiro atoms. The summed E-state index contributed by atoms with van der Waals surface area (Å²) in [6.45, 7) is 3.29. The average Bonchev–Trinajstić information content (AvgIpc) is 3.57. The summed E-state index contributed by atoms with van der Waals surface area (Å²) in [7, 11) is 3.24. The Morgan fingerprint density at radius 3 is 2.60 bits per heavy atom. The highest BCUT2D eigenvalue weighted by Crippen LogP contribution is 2.40. The van der Waals surface area contributed by atoms with E-state index in [1.54, 1.807) is 11.9 Å². The minimum atomic E-state index is -4.57. The minimum absolute atomic E-state index is 0.0153. The molecule has 40 heavy (non-hydrogen) atoms. The molecule has 4 heterocycles. The zero-order valence-corrected chi connectivity index (χ0v) is 22.5. The smallest absolute Gasteiger partial charge is 0.438 e. The number of rotatable bonds is 6. The van der Waals surface area contributed by atoms with Gasteiger partial charge in [-0.1, -0.05) is 6.07 Å². The number of carbonyl (C=O) groups is 1. The van der Waals surface area contributed by atoms with Crippen molar-refractivity contribution in [1.82, 2.24) is 29.4 Å². The standard InChI is InChI=1S/C28H30F3N7O2/c1-4-32-24-12-22-21(13-33-24)25(16-5-10-20-17(11-16)14-36(2)27(20)39)34-38(22)18-6-8-19(9-7-18)40-23-15-37(3)35-26(23)28(29,30)31/h5,10-13,15,18-19H,4,6-9,14H2,1-3H3,(H,32,33)/t18-,19+. The molecule has 0 saturated heterocycles. The third kappa shape index (κ3) is 4.65. The van der Waals surface area contributed by atoms with Gasteiger partial charge in [0.1, 0.15) is 11.5 Å². The number of alkyl halides is 3. The Morgan fingerprint density at radius 1 is 1.10 bits per heavy atom. The molecule has 1 amide bonds. The second-order valence-electron chi connectivity index (χ2n) is 10.5. The lowest BCUT2D eigenvalue weighted by Gasteiger charge is -2.29. The summed E-state index contributed by atoms with van der Waals surface area (Å²) in [4.78, 5) is 18.7. The van der Waals surface area contributed by atoms with E-state index in [4.69, 9.17) is 9.84 Å². The van der Waals surface area contributed by atoms with Gasteiger partial charge in [0, 0.05) is 56.0 Å². The normalized spacial score (nSPS) is 19.4. The van der Waals surface area contributed by atoms with Crippen molar-refractivity contribution in [3.8, 4) is 17.0 Å². The van der Waals surface area contributed by atoms with Gasteiger partial charge in [0.25, 0.3) is 5.91 Å². The molecule has 4 aromatic rings. The molecule has 1 fully saturated rings. The Hall–Kier alpha value is -4.09. The zero-order chi connectivity index (χ0) is 28.2. The average molecular weight is 554 g/mol. The van der Waals surface area contributed by atoms with E-state index < -0.39 is 11.9 Å². The van der Waals surface area contributed by atoms with Gasteiger partial charge in [0.15, 0.2) is 5.75 Å². The fourth-order valence-corrected chi connectivity index (χ4v) is 5.75. The molecule has 0 bridgehead atoms. The van der Waals surface area contributed by atoms with Gasteiger partial charge in [-0.3, -0.25) is 14.2 Å². The Kier molecular flexibility index (Phi) is 6.42. The lowest BCUT2D eigenvalue weighted by atomic mass is 9.93. The summed E-state index contributed by atoms with van der Waals surface area (Å²) < 4.78 is 49.1. The first-order chi connectivity index (χ1) is 19.1. The molecule has 0 atom stereocenters. The van der Waals surface area contributed by atoms with Gasteiger partial charge >= 0.3 is 6.18 Å². The van der Waals surface area contributed by atoms with E-state index >= 15 is 0 Å². The van der Waals surface area contributed by atoms with E-state index in [9.17, 15) is 18.0 Å². The summed E-state index contributed by atoms with van der Waals surface area (Å²) in [5, 5.41) is 12.8. The van der Waals surface area contributed by atoms with Crippen molar-refractivity contribution in [2.45, 2.75) is 57.5 Å². The van der Waals surface area contributed by atoms with Gasteiger partial charge in [-0.15, -0.1) is 0 Å². The summed E-state index contributed by atoms with van der Waals surface area (Å²) in [6, 6.07) is 7.85. The monoisotopic (exact) mass is 553 g/mol. The van der Waals surface area contributed by atoms with Gasteiger partial charge in [0.2, 0.25) is 5.69 Å². The summed E-state index contributed by atoms with van der Waals surface area (Å²) >= 11 is 0. The number of hydrogen-bond acceptors (Lipinski definition) is 6. The fourth-order valence-electron chi connectivity index (χ4n) is 5.75. The Bertz CT molecular complexity index is 1580. The van der Waals surface area contributed by atoms with Crippen LogP contribution < -0.4 is 10.1 Å². The highest BCUT2D eigenvalue weighted by molar-refractivity contribution is 6.00. The molecule has 1 aromatic carbocycles. The molecule has 1 aliphatic heterocycles. The summed E-state index contributed by atoms with van der Waals surface area (Å²) in [6.07, 6.45) is 0.768. The second-order valence-corrected chi connectivity index (χ2v) is 10.5. The third-order valence-corrected chi connectivity index (χ3v) is 7.66. The van der Waals surface area contributed by atoms with Crippen molar-refractivity contribution in [3.63, 3.8) is 0 Å². The second kappa shape index (κ2) is 9.83. The Labute approximate surface area is 228 Å². The van der Waals surface area contributed by atoms with Crippen molar-refractivity contribution in [2.75, 3.05) is 18.9 Å². The first kappa shape index (κ1) is 26.1. The molecule has 12 heteroatoms. The van der Waals surface area contributed by atoms with Crippen LogP contribution in [0.1, 0.15) is 60.3 Å². The molecular formula is C28H30F3N7O2. The predicted octanol–water partition coefficient (Wildman–Crippen LogP) is 5.43. The number of benzene rings is 1. The van der Waals surface area contributed by atoms with E-state index in [1.165, 1.54) is 13.2 Å². The minimum Gasteiger partial charge on any atom is -0.486 e. The first-order valence-corrected chi connectivity index (χ1v) is 13.4. The lowest BCUT2D eigenvalue weighted by Crippen LogP contribution is -2.27. The molecule has 0 radical (unpaired) electrons. The van der Waals surface area contributed by atoms with Crippen LogP contribution in [-0.2, 0) is 19.8 Å². The molecule has 2 aliphatic rings. The van der Waals surface area contributed by atoms with Crippen molar-refractivity contribution in [1.29, 1.82) is 0 Å². The molecule has 3 aromatic heterocycles.